The van der Waals surface area contributed by atoms with Crippen molar-refractivity contribution in [2.24, 2.45) is 0 Å². The van der Waals surface area contributed by atoms with Crippen molar-refractivity contribution in [2.45, 2.75) is 13.5 Å². The SMILES string of the molecule is Cc1csc(C(=O)N(C)Cc2ccccc2)n1. The van der Waals surface area contributed by atoms with E-state index in [-0.39, 0.29) is 5.91 Å². The predicted molar refractivity (Wildman–Crippen MR) is 69.1 cm³/mol. The van der Waals surface area contributed by atoms with E-state index in [0.717, 1.165) is 11.3 Å². The van der Waals surface area contributed by atoms with E-state index in [0.29, 0.717) is 11.6 Å². The van der Waals surface area contributed by atoms with E-state index in [2.05, 4.69) is 4.98 Å². The molecule has 0 radical (unpaired) electrons. The number of carbonyl (C=O) groups excluding carboxylic acids is 1. The minimum Gasteiger partial charge on any atom is -0.335 e. The molecule has 4 heteroatoms. The first-order valence-corrected chi connectivity index (χ1v) is 6.26. The Balaban J connectivity index is 2.06. The molecule has 0 N–H and O–H groups in total. The first kappa shape index (κ1) is 11.8. The van der Waals surface area contributed by atoms with Gasteiger partial charge in [0, 0.05) is 24.7 Å². The molecule has 0 fully saturated rings. The fourth-order valence-corrected chi connectivity index (χ4v) is 2.33. The molecule has 2 rings (SSSR count). The molecule has 0 saturated heterocycles. The van der Waals surface area contributed by atoms with Gasteiger partial charge in [0.2, 0.25) is 0 Å². The van der Waals surface area contributed by atoms with Crippen LogP contribution < -0.4 is 0 Å². The van der Waals surface area contributed by atoms with Crippen molar-refractivity contribution < 1.29 is 4.79 Å². The molecule has 3 nitrogen and oxygen atoms in total. The van der Waals surface area contributed by atoms with Crippen molar-refractivity contribution in [2.75, 3.05) is 7.05 Å². The van der Waals surface area contributed by atoms with Crippen LogP contribution in [0, 0.1) is 6.92 Å². The molecule has 1 heterocycles. The van der Waals surface area contributed by atoms with Crippen molar-refractivity contribution in [3.63, 3.8) is 0 Å². The molecule has 1 aromatic carbocycles. The molecule has 0 aliphatic rings. The zero-order valence-corrected chi connectivity index (χ0v) is 10.7. The number of carbonyl (C=O) groups is 1. The van der Waals surface area contributed by atoms with Gasteiger partial charge in [-0.2, -0.15) is 0 Å². The van der Waals surface area contributed by atoms with Crippen molar-refractivity contribution in [3.05, 3.63) is 52.0 Å². The Bertz CT molecular complexity index is 507. The van der Waals surface area contributed by atoms with Crippen LogP contribution in [0.1, 0.15) is 21.1 Å². The van der Waals surface area contributed by atoms with Gasteiger partial charge in [0.1, 0.15) is 0 Å². The molecule has 1 aromatic heterocycles. The van der Waals surface area contributed by atoms with E-state index in [9.17, 15) is 4.79 Å². The van der Waals surface area contributed by atoms with E-state index in [4.69, 9.17) is 0 Å². The number of aromatic nitrogens is 1. The van der Waals surface area contributed by atoms with Crippen LogP contribution in [0.25, 0.3) is 0 Å². The zero-order valence-electron chi connectivity index (χ0n) is 9.88. The van der Waals surface area contributed by atoms with Gasteiger partial charge in [-0.15, -0.1) is 11.3 Å². The first-order valence-electron chi connectivity index (χ1n) is 5.38. The molecule has 0 bridgehead atoms. The highest BCUT2D eigenvalue weighted by Gasteiger charge is 2.15. The summed E-state index contributed by atoms with van der Waals surface area (Å²) in [5.41, 5.74) is 2.02. The third-order valence-corrected chi connectivity index (χ3v) is 3.36. The zero-order chi connectivity index (χ0) is 12.3. The monoisotopic (exact) mass is 246 g/mol. The number of benzene rings is 1. The maximum Gasteiger partial charge on any atom is 0.282 e. The Labute approximate surface area is 105 Å². The van der Waals surface area contributed by atoms with Crippen LogP contribution in [0.5, 0.6) is 0 Å². The summed E-state index contributed by atoms with van der Waals surface area (Å²) in [4.78, 5) is 17.9. The molecule has 17 heavy (non-hydrogen) atoms. The lowest BCUT2D eigenvalue weighted by atomic mass is 10.2. The highest BCUT2D eigenvalue weighted by atomic mass is 32.1. The van der Waals surface area contributed by atoms with Crippen LogP contribution in [0.2, 0.25) is 0 Å². The summed E-state index contributed by atoms with van der Waals surface area (Å²) < 4.78 is 0. The number of thiazole rings is 1. The number of amides is 1. The van der Waals surface area contributed by atoms with Crippen LogP contribution in [0.3, 0.4) is 0 Å². The summed E-state index contributed by atoms with van der Waals surface area (Å²) in [7, 11) is 1.80. The molecule has 0 unspecified atom stereocenters. The van der Waals surface area contributed by atoms with Crippen LogP contribution in [0.15, 0.2) is 35.7 Å². The molecule has 0 saturated carbocycles. The van der Waals surface area contributed by atoms with Crippen molar-refractivity contribution in [1.82, 2.24) is 9.88 Å². The Morgan fingerprint density at radius 1 is 1.35 bits per heavy atom. The third-order valence-electron chi connectivity index (χ3n) is 2.41. The number of hydrogen-bond acceptors (Lipinski definition) is 3. The van der Waals surface area contributed by atoms with Crippen LogP contribution in [0.4, 0.5) is 0 Å². The highest BCUT2D eigenvalue weighted by molar-refractivity contribution is 7.11. The third kappa shape index (κ3) is 2.91. The molecule has 88 valence electrons. The minimum atomic E-state index is -0.0213. The second-order valence-electron chi connectivity index (χ2n) is 3.94. The van der Waals surface area contributed by atoms with Crippen LogP contribution in [-0.2, 0) is 6.54 Å². The van der Waals surface area contributed by atoms with Gasteiger partial charge in [-0.3, -0.25) is 4.79 Å². The molecule has 1 amide bonds. The van der Waals surface area contributed by atoms with E-state index >= 15 is 0 Å². The first-order chi connectivity index (χ1) is 8.16. The Morgan fingerprint density at radius 3 is 2.65 bits per heavy atom. The predicted octanol–water partition coefficient (Wildman–Crippen LogP) is 2.72. The van der Waals surface area contributed by atoms with Gasteiger partial charge < -0.3 is 4.90 Å². The molecule has 0 spiro atoms. The number of nitrogens with zero attached hydrogens (tertiary/aromatic N) is 2. The summed E-state index contributed by atoms with van der Waals surface area (Å²) in [6.45, 7) is 2.50. The van der Waals surface area contributed by atoms with E-state index in [1.807, 2.05) is 42.6 Å². The summed E-state index contributed by atoms with van der Waals surface area (Å²) in [5.74, 6) is -0.0213. The van der Waals surface area contributed by atoms with E-state index in [1.165, 1.54) is 11.3 Å². The average Bonchev–Trinajstić information content (AvgIpc) is 2.76. The normalized spacial score (nSPS) is 10.2. The van der Waals surface area contributed by atoms with Crippen molar-refractivity contribution in [3.8, 4) is 0 Å². The van der Waals surface area contributed by atoms with E-state index < -0.39 is 0 Å². The smallest absolute Gasteiger partial charge is 0.282 e. The van der Waals surface area contributed by atoms with Gasteiger partial charge in [-0.25, -0.2) is 4.98 Å². The Kier molecular flexibility index (Phi) is 3.54. The van der Waals surface area contributed by atoms with Crippen LogP contribution in [-0.4, -0.2) is 22.8 Å². The fourth-order valence-electron chi connectivity index (χ4n) is 1.54. The average molecular weight is 246 g/mol. The number of aryl methyl sites for hydroxylation is 1. The summed E-state index contributed by atoms with van der Waals surface area (Å²) in [5, 5.41) is 2.45. The van der Waals surface area contributed by atoms with Gasteiger partial charge in [0.15, 0.2) is 5.01 Å². The second kappa shape index (κ2) is 5.10. The van der Waals surface area contributed by atoms with Gasteiger partial charge in [0.05, 0.1) is 0 Å². The van der Waals surface area contributed by atoms with Crippen molar-refractivity contribution >= 4 is 17.2 Å². The van der Waals surface area contributed by atoms with Crippen LogP contribution >= 0.6 is 11.3 Å². The van der Waals surface area contributed by atoms with Crippen molar-refractivity contribution in [1.29, 1.82) is 0 Å². The summed E-state index contributed by atoms with van der Waals surface area (Å²) in [6.07, 6.45) is 0. The maximum absolute atomic E-state index is 12.0. The van der Waals surface area contributed by atoms with Gasteiger partial charge in [0.25, 0.3) is 5.91 Å². The Morgan fingerprint density at radius 2 is 2.06 bits per heavy atom. The molecule has 0 aliphatic carbocycles. The summed E-state index contributed by atoms with van der Waals surface area (Å²) >= 11 is 1.39. The van der Waals surface area contributed by atoms with E-state index in [1.54, 1.807) is 11.9 Å². The lowest BCUT2D eigenvalue weighted by molar-refractivity contribution is 0.0784. The molecular weight excluding hydrogens is 232 g/mol. The minimum absolute atomic E-state index is 0.0213. The van der Waals surface area contributed by atoms with Gasteiger partial charge in [-0.05, 0) is 12.5 Å². The second-order valence-corrected chi connectivity index (χ2v) is 4.80. The molecular formula is C13H14N2OS. The number of rotatable bonds is 3. The fraction of sp³-hybridized carbons (Fsp3) is 0.231. The number of hydrogen-bond donors (Lipinski definition) is 0. The largest absolute Gasteiger partial charge is 0.335 e. The molecule has 2 aromatic rings. The highest BCUT2D eigenvalue weighted by Crippen LogP contribution is 2.12. The lowest BCUT2D eigenvalue weighted by Gasteiger charge is -2.15. The topological polar surface area (TPSA) is 33.2 Å². The summed E-state index contributed by atoms with van der Waals surface area (Å²) in [6, 6.07) is 9.94. The standard InChI is InChI=1S/C13H14N2OS/c1-10-9-17-12(14-10)13(16)15(2)8-11-6-4-3-5-7-11/h3-7,9H,8H2,1-2H3. The van der Waals surface area contributed by atoms with Gasteiger partial charge >= 0.3 is 0 Å². The lowest BCUT2D eigenvalue weighted by Crippen LogP contribution is -2.26. The Hall–Kier alpha value is -1.68. The van der Waals surface area contributed by atoms with Gasteiger partial charge in [-0.1, -0.05) is 30.3 Å². The quantitative estimate of drug-likeness (QED) is 0.834. The molecule has 0 aliphatic heterocycles. The maximum atomic E-state index is 12.0. The molecule has 0 atom stereocenters.